The highest BCUT2D eigenvalue weighted by Crippen LogP contribution is 2.18. The van der Waals surface area contributed by atoms with Crippen molar-refractivity contribution in [3.63, 3.8) is 0 Å². The largest absolute Gasteiger partial charge is 0.340 e. The fraction of sp³-hybridized carbons (Fsp3) is 0.440. The van der Waals surface area contributed by atoms with Gasteiger partial charge in [0.2, 0.25) is 5.91 Å². The van der Waals surface area contributed by atoms with Gasteiger partial charge in [-0.25, -0.2) is 4.98 Å². The Morgan fingerprint density at radius 1 is 0.967 bits per heavy atom. The molecular weight excluding hydrogens is 372 g/mol. The number of nitrogens with zero attached hydrogens (tertiary/aromatic N) is 4. The van der Waals surface area contributed by atoms with E-state index in [0.717, 1.165) is 50.5 Å². The third kappa shape index (κ3) is 4.41. The van der Waals surface area contributed by atoms with E-state index < -0.39 is 0 Å². The summed E-state index contributed by atoms with van der Waals surface area (Å²) in [7, 11) is 0. The topological polar surface area (TPSA) is 40.9 Å². The molecule has 0 N–H and O–H groups in total. The Balaban J connectivity index is 1.32. The average molecular weight is 405 g/mol. The molecule has 1 aliphatic heterocycles. The van der Waals surface area contributed by atoms with Crippen molar-refractivity contribution in [2.75, 3.05) is 26.2 Å². The van der Waals surface area contributed by atoms with Crippen molar-refractivity contribution in [2.24, 2.45) is 0 Å². The number of fused-ring (bicyclic) bond motifs is 1. The number of pyridine rings is 1. The molecule has 5 heteroatoms. The number of aryl methyl sites for hydroxylation is 5. The van der Waals surface area contributed by atoms with Gasteiger partial charge in [-0.15, -0.1) is 0 Å². The molecule has 0 spiro atoms. The lowest BCUT2D eigenvalue weighted by Gasteiger charge is -2.34. The number of amides is 1. The predicted octanol–water partition coefficient (Wildman–Crippen LogP) is 3.84. The maximum Gasteiger partial charge on any atom is 0.222 e. The van der Waals surface area contributed by atoms with E-state index in [-0.39, 0.29) is 5.91 Å². The van der Waals surface area contributed by atoms with E-state index in [2.05, 4.69) is 73.5 Å². The molecule has 3 aromatic rings. The fourth-order valence-electron chi connectivity index (χ4n) is 4.40. The van der Waals surface area contributed by atoms with E-state index in [1.807, 2.05) is 4.90 Å². The standard InChI is InChI=1S/C25H32N4O/c1-18-5-6-22(20(3)15-18)7-8-25(30)28-13-11-27(12-14-28)17-23-21(4)26-24-16-19(2)9-10-29(23)24/h5-6,9-10,15-16H,7-8,11-14,17H2,1-4H3. The third-order valence-electron chi connectivity index (χ3n) is 6.29. The molecule has 0 aliphatic carbocycles. The molecule has 1 aromatic carbocycles. The number of hydrogen-bond acceptors (Lipinski definition) is 3. The maximum atomic E-state index is 12.7. The van der Waals surface area contributed by atoms with Gasteiger partial charge in [-0.2, -0.15) is 0 Å². The number of aromatic nitrogens is 2. The van der Waals surface area contributed by atoms with Crippen molar-refractivity contribution in [1.82, 2.24) is 19.2 Å². The van der Waals surface area contributed by atoms with Crippen LogP contribution in [0.25, 0.3) is 5.65 Å². The molecule has 4 rings (SSSR count). The summed E-state index contributed by atoms with van der Waals surface area (Å²) in [6.07, 6.45) is 3.54. The molecule has 0 unspecified atom stereocenters. The third-order valence-corrected chi connectivity index (χ3v) is 6.29. The van der Waals surface area contributed by atoms with Crippen molar-refractivity contribution in [3.05, 3.63) is 70.2 Å². The maximum absolute atomic E-state index is 12.7. The average Bonchev–Trinajstić information content (AvgIpc) is 3.02. The number of benzene rings is 1. The van der Waals surface area contributed by atoms with E-state index >= 15 is 0 Å². The molecule has 0 radical (unpaired) electrons. The number of carbonyl (C=O) groups is 1. The van der Waals surface area contributed by atoms with Gasteiger partial charge in [0.15, 0.2) is 0 Å². The molecule has 0 bridgehead atoms. The predicted molar refractivity (Wildman–Crippen MR) is 121 cm³/mol. The number of imidazole rings is 1. The van der Waals surface area contributed by atoms with Crippen molar-refractivity contribution in [3.8, 4) is 0 Å². The van der Waals surface area contributed by atoms with Gasteiger partial charge in [-0.1, -0.05) is 23.8 Å². The van der Waals surface area contributed by atoms with Crippen LogP contribution in [0.3, 0.4) is 0 Å². The second-order valence-electron chi connectivity index (χ2n) is 8.66. The normalized spacial score (nSPS) is 15.1. The number of piperazine rings is 1. The van der Waals surface area contributed by atoms with Gasteiger partial charge >= 0.3 is 0 Å². The van der Waals surface area contributed by atoms with Gasteiger partial charge < -0.3 is 9.30 Å². The van der Waals surface area contributed by atoms with Crippen LogP contribution in [0, 0.1) is 27.7 Å². The summed E-state index contributed by atoms with van der Waals surface area (Å²) in [5.41, 5.74) is 8.43. The Labute approximate surface area is 179 Å². The van der Waals surface area contributed by atoms with Gasteiger partial charge in [0, 0.05) is 45.3 Å². The zero-order valence-electron chi connectivity index (χ0n) is 18.6. The Morgan fingerprint density at radius 2 is 1.70 bits per heavy atom. The zero-order chi connectivity index (χ0) is 21.3. The molecule has 30 heavy (non-hydrogen) atoms. The van der Waals surface area contributed by atoms with Crippen LogP contribution in [-0.4, -0.2) is 51.3 Å². The molecule has 1 aliphatic rings. The molecule has 1 amide bonds. The van der Waals surface area contributed by atoms with Crippen LogP contribution in [0.5, 0.6) is 0 Å². The first kappa shape index (κ1) is 20.6. The Bertz CT molecular complexity index is 1060. The Morgan fingerprint density at radius 3 is 2.43 bits per heavy atom. The van der Waals surface area contributed by atoms with Crippen molar-refractivity contribution in [2.45, 2.75) is 47.1 Å². The first-order valence-electron chi connectivity index (χ1n) is 10.9. The second-order valence-corrected chi connectivity index (χ2v) is 8.66. The highest BCUT2D eigenvalue weighted by atomic mass is 16.2. The van der Waals surface area contributed by atoms with Crippen LogP contribution < -0.4 is 0 Å². The van der Waals surface area contributed by atoms with Gasteiger partial charge in [0.05, 0.1) is 11.4 Å². The van der Waals surface area contributed by atoms with Crippen LogP contribution in [-0.2, 0) is 17.8 Å². The van der Waals surface area contributed by atoms with Gasteiger partial charge in [-0.05, 0) is 62.9 Å². The van der Waals surface area contributed by atoms with E-state index in [0.29, 0.717) is 6.42 Å². The quantitative estimate of drug-likeness (QED) is 0.649. The van der Waals surface area contributed by atoms with Crippen molar-refractivity contribution in [1.29, 1.82) is 0 Å². The lowest BCUT2D eigenvalue weighted by Crippen LogP contribution is -2.48. The summed E-state index contributed by atoms with van der Waals surface area (Å²) in [5.74, 6) is 0.274. The molecule has 5 nitrogen and oxygen atoms in total. The van der Waals surface area contributed by atoms with Crippen LogP contribution >= 0.6 is 0 Å². The summed E-state index contributed by atoms with van der Waals surface area (Å²) < 4.78 is 2.20. The van der Waals surface area contributed by atoms with E-state index in [1.54, 1.807) is 0 Å². The lowest BCUT2D eigenvalue weighted by molar-refractivity contribution is -0.133. The molecule has 158 valence electrons. The van der Waals surface area contributed by atoms with Crippen molar-refractivity contribution >= 4 is 11.6 Å². The summed E-state index contributed by atoms with van der Waals surface area (Å²) in [6.45, 7) is 12.7. The Hall–Kier alpha value is -2.66. The van der Waals surface area contributed by atoms with Crippen LogP contribution in [0.2, 0.25) is 0 Å². The molecule has 1 fully saturated rings. The number of carbonyl (C=O) groups excluding carboxylic acids is 1. The first-order chi connectivity index (χ1) is 14.4. The zero-order valence-corrected chi connectivity index (χ0v) is 18.6. The summed E-state index contributed by atoms with van der Waals surface area (Å²) in [4.78, 5) is 21.9. The number of rotatable bonds is 5. The molecule has 0 saturated carbocycles. The molecule has 1 saturated heterocycles. The van der Waals surface area contributed by atoms with E-state index in [9.17, 15) is 4.79 Å². The summed E-state index contributed by atoms with van der Waals surface area (Å²) in [6, 6.07) is 10.7. The van der Waals surface area contributed by atoms with Gasteiger partial charge in [-0.3, -0.25) is 9.69 Å². The van der Waals surface area contributed by atoms with Gasteiger partial charge in [0.25, 0.3) is 0 Å². The molecule has 0 atom stereocenters. The monoisotopic (exact) mass is 404 g/mol. The molecule has 3 heterocycles. The Kier molecular flexibility index (Phi) is 5.91. The summed E-state index contributed by atoms with van der Waals surface area (Å²) >= 11 is 0. The van der Waals surface area contributed by atoms with E-state index in [4.69, 9.17) is 4.98 Å². The van der Waals surface area contributed by atoms with Crippen molar-refractivity contribution < 1.29 is 4.79 Å². The minimum atomic E-state index is 0.274. The SMILES string of the molecule is Cc1ccc(CCC(=O)N2CCN(Cc3c(C)nc4cc(C)ccn34)CC2)c(C)c1. The minimum absolute atomic E-state index is 0.274. The summed E-state index contributed by atoms with van der Waals surface area (Å²) in [5, 5.41) is 0. The fourth-order valence-corrected chi connectivity index (χ4v) is 4.40. The van der Waals surface area contributed by atoms with Crippen LogP contribution in [0.4, 0.5) is 0 Å². The highest BCUT2D eigenvalue weighted by molar-refractivity contribution is 5.76. The van der Waals surface area contributed by atoms with Crippen LogP contribution in [0.1, 0.15) is 40.1 Å². The van der Waals surface area contributed by atoms with Crippen LogP contribution in [0.15, 0.2) is 36.5 Å². The van der Waals surface area contributed by atoms with Gasteiger partial charge in [0.1, 0.15) is 5.65 Å². The second kappa shape index (κ2) is 8.60. The number of hydrogen-bond donors (Lipinski definition) is 0. The molecule has 2 aromatic heterocycles. The smallest absolute Gasteiger partial charge is 0.222 e. The minimum Gasteiger partial charge on any atom is -0.340 e. The first-order valence-corrected chi connectivity index (χ1v) is 10.9. The lowest BCUT2D eigenvalue weighted by atomic mass is 10.0. The molecular formula is C25H32N4O. The highest BCUT2D eigenvalue weighted by Gasteiger charge is 2.22. The van der Waals surface area contributed by atoms with E-state index in [1.165, 1.54) is 27.9 Å².